The number of nitrogens with one attached hydrogen (secondary N) is 1. The zero-order chi connectivity index (χ0) is 11.3. The Labute approximate surface area is 98.9 Å². The van der Waals surface area contributed by atoms with E-state index in [0.29, 0.717) is 17.3 Å². The fraction of sp³-hybridized carbons (Fsp3) is 0.600. The minimum atomic E-state index is -0.0554. The monoisotopic (exact) mass is 246 g/mol. The molecule has 1 amide bonds. The predicted octanol–water partition coefficient (Wildman–Crippen LogP) is 2.53. The topological polar surface area (TPSA) is 42.0 Å². The first-order valence-corrected chi connectivity index (χ1v) is 6.19. The molecule has 0 aliphatic carbocycles. The number of amides is 1. The molecule has 3 nitrogen and oxygen atoms in total. The second kappa shape index (κ2) is 5.47. The lowest BCUT2D eigenvalue weighted by atomic mass is 9.90. The van der Waals surface area contributed by atoms with Gasteiger partial charge in [0.15, 0.2) is 0 Å². The Morgan fingerprint density at radius 2 is 2.40 bits per heavy atom. The quantitative estimate of drug-likeness (QED) is 0.812. The molecule has 1 heterocycles. The molecule has 0 fully saturated rings. The van der Waals surface area contributed by atoms with Crippen molar-refractivity contribution < 1.29 is 4.79 Å². The summed E-state index contributed by atoms with van der Waals surface area (Å²) in [7, 11) is 0. The van der Waals surface area contributed by atoms with Gasteiger partial charge in [0.1, 0.15) is 4.88 Å². The van der Waals surface area contributed by atoms with E-state index in [1.807, 2.05) is 0 Å². The third kappa shape index (κ3) is 4.18. The standard InChI is InChI=1S/C10H15ClN2OS/c1-10(2,3-4-11)6-13-9(14)8-5-12-7-15-8/h5,7H,3-4,6H2,1-2H3,(H,13,14). The van der Waals surface area contributed by atoms with Gasteiger partial charge in [0.25, 0.3) is 5.91 Å². The van der Waals surface area contributed by atoms with Crippen LogP contribution < -0.4 is 5.32 Å². The molecule has 0 unspecified atom stereocenters. The van der Waals surface area contributed by atoms with Gasteiger partial charge in [-0.05, 0) is 11.8 Å². The van der Waals surface area contributed by atoms with Crippen molar-refractivity contribution in [3.63, 3.8) is 0 Å². The van der Waals surface area contributed by atoms with Gasteiger partial charge in [-0.2, -0.15) is 0 Å². The summed E-state index contributed by atoms with van der Waals surface area (Å²) in [5, 5.41) is 2.88. The second-order valence-corrected chi connectivity index (χ2v) is 5.42. The van der Waals surface area contributed by atoms with Gasteiger partial charge >= 0.3 is 0 Å². The zero-order valence-electron chi connectivity index (χ0n) is 8.92. The lowest BCUT2D eigenvalue weighted by molar-refractivity contribution is 0.0939. The molecule has 0 aliphatic rings. The summed E-state index contributed by atoms with van der Waals surface area (Å²) >= 11 is 7.03. The van der Waals surface area contributed by atoms with Crippen LogP contribution >= 0.6 is 22.9 Å². The molecule has 0 atom stereocenters. The van der Waals surface area contributed by atoms with Crippen LogP contribution in [0.2, 0.25) is 0 Å². The van der Waals surface area contributed by atoms with E-state index >= 15 is 0 Å². The van der Waals surface area contributed by atoms with Crippen LogP contribution in [0.25, 0.3) is 0 Å². The normalized spacial score (nSPS) is 11.4. The van der Waals surface area contributed by atoms with Gasteiger partial charge in [-0.1, -0.05) is 13.8 Å². The average Bonchev–Trinajstić information content (AvgIpc) is 2.67. The van der Waals surface area contributed by atoms with E-state index in [4.69, 9.17) is 11.6 Å². The van der Waals surface area contributed by atoms with Crippen molar-refractivity contribution in [2.45, 2.75) is 20.3 Å². The van der Waals surface area contributed by atoms with E-state index in [1.165, 1.54) is 11.3 Å². The Balaban J connectivity index is 2.40. The number of thiazole rings is 1. The number of rotatable bonds is 5. The molecule has 84 valence electrons. The molecule has 0 aromatic carbocycles. The van der Waals surface area contributed by atoms with Gasteiger partial charge in [-0.25, -0.2) is 0 Å². The van der Waals surface area contributed by atoms with Crippen molar-refractivity contribution >= 4 is 28.8 Å². The summed E-state index contributed by atoms with van der Waals surface area (Å²) in [5.74, 6) is 0.559. The molecule has 5 heteroatoms. The summed E-state index contributed by atoms with van der Waals surface area (Å²) < 4.78 is 0. The second-order valence-electron chi connectivity index (χ2n) is 4.15. The third-order valence-corrected chi connectivity index (χ3v) is 3.12. The summed E-state index contributed by atoms with van der Waals surface area (Å²) in [5.41, 5.74) is 1.70. The first-order valence-electron chi connectivity index (χ1n) is 4.78. The van der Waals surface area contributed by atoms with E-state index in [9.17, 15) is 4.79 Å². The van der Waals surface area contributed by atoms with Crippen LogP contribution in [0.15, 0.2) is 11.7 Å². The van der Waals surface area contributed by atoms with E-state index in [0.717, 1.165) is 6.42 Å². The number of aromatic nitrogens is 1. The Hall–Kier alpha value is -0.610. The molecule has 1 rings (SSSR count). The fourth-order valence-electron chi connectivity index (χ4n) is 1.08. The number of hydrogen-bond acceptors (Lipinski definition) is 3. The minimum absolute atomic E-state index is 0.0437. The largest absolute Gasteiger partial charge is 0.351 e. The van der Waals surface area contributed by atoms with Crippen LogP contribution in [0.4, 0.5) is 0 Å². The maximum atomic E-state index is 11.6. The maximum absolute atomic E-state index is 11.6. The molecule has 1 aromatic heterocycles. The lowest BCUT2D eigenvalue weighted by Crippen LogP contribution is -2.33. The molecule has 0 spiro atoms. The Bertz CT molecular complexity index is 311. The number of carbonyl (C=O) groups excluding carboxylic acids is 1. The molecular formula is C10H15ClN2OS. The van der Waals surface area contributed by atoms with Crippen LogP contribution in [0.1, 0.15) is 29.9 Å². The summed E-state index contributed by atoms with van der Waals surface area (Å²) in [6, 6.07) is 0. The molecule has 0 saturated carbocycles. The Morgan fingerprint density at radius 3 is 2.93 bits per heavy atom. The van der Waals surface area contributed by atoms with E-state index < -0.39 is 0 Å². The SMILES string of the molecule is CC(C)(CCCl)CNC(=O)c1cncs1. The third-order valence-electron chi connectivity index (χ3n) is 2.15. The molecule has 1 aromatic rings. The van der Waals surface area contributed by atoms with Gasteiger partial charge in [0.05, 0.1) is 11.7 Å². The molecule has 0 aliphatic heterocycles. The van der Waals surface area contributed by atoms with Crippen LogP contribution in [-0.4, -0.2) is 23.3 Å². The highest BCUT2D eigenvalue weighted by atomic mass is 35.5. The van der Waals surface area contributed by atoms with Gasteiger partial charge in [-0.15, -0.1) is 22.9 Å². The van der Waals surface area contributed by atoms with Gasteiger partial charge in [-0.3, -0.25) is 9.78 Å². The summed E-state index contributed by atoms with van der Waals surface area (Å²) in [4.78, 5) is 16.1. The minimum Gasteiger partial charge on any atom is -0.351 e. The molecule has 0 radical (unpaired) electrons. The van der Waals surface area contributed by atoms with Gasteiger partial charge in [0.2, 0.25) is 0 Å². The van der Waals surface area contributed by atoms with Crippen LogP contribution in [0, 0.1) is 5.41 Å². The average molecular weight is 247 g/mol. The Kier molecular flexibility index (Phi) is 4.54. The van der Waals surface area contributed by atoms with Gasteiger partial charge < -0.3 is 5.32 Å². The number of carbonyl (C=O) groups is 1. The first-order chi connectivity index (χ1) is 7.05. The van der Waals surface area contributed by atoms with Crippen molar-refractivity contribution in [1.82, 2.24) is 10.3 Å². The van der Waals surface area contributed by atoms with Crippen molar-refractivity contribution in [3.8, 4) is 0 Å². The summed E-state index contributed by atoms with van der Waals surface area (Å²) in [6.07, 6.45) is 2.46. The highest BCUT2D eigenvalue weighted by Crippen LogP contribution is 2.19. The lowest BCUT2D eigenvalue weighted by Gasteiger charge is -2.23. The highest BCUT2D eigenvalue weighted by molar-refractivity contribution is 7.11. The molecule has 1 N–H and O–H groups in total. The number of alkyl halides is 1. The smallest absolute Gasteiger partial charge is 0.263 e. The van der Waals surface area contributed by atoms with Gasteiger partial charge in [0, 0.05) is 12.4 Å². The number of halogens is 1. The van der Waals surface area contributed by atoms with E-state index in [-0.39, 0.29) is 11.3 Å². The molecule has 0 saturated heterocycles. The zero-order valence-corrected chi connectivity index (χ0v) is 10.5. The number of hydrogen-bond donors (Lipinski definition) is 1. The van der Waals surface area contributed by atoms with Crippen molar-refractivity contribution in [3.05, 3.63) is 16.6 Å². The first kappa shape index (κ1) is 12.5. The van der Waals surface area contributed by atoms with E-state index in [1.54, 1.807) is 11.7 Å². The molecule has 0 bridgehead atoms. The summed E-state index contributed by atoms with van der Waals surface area (Å²) in [6.45, 7) is 4.81. The van der Waals surface area contributed by atoms with Crippen molar-refractivity contribution in [2.24, 2.45) is 5.41 Å². The predicted molar refractivity (Wildman–Crippen MR) is 63.6 cm³/mol. The Morgan fingerprint density at radius 1 is 1.67 bits per heavy atom. The van der Waals surface area contributed by atoms with Crippen LogP contribution in [-0.2, 0) is 0 Å². The molecular weight excluding hydrogens is 232 g/mol. The number of nitrogens with zero attached hydrogens (tertiary/aromatic N) is 1. The highest BCUT2D eigenvalue weighted by Gasteiger charge is 2.18. The fourth-order valence-corrected chi connectivity index (χ4v) is 2.13. The van der Waals surface area contributed by atoms with E-state index in [2.05, 4.69) is 24.1 Å². The van der Waals surface area contributed by atoms with Crippen LogP contribution in [0.3, 0.4) is 0 Å². The van der Waals surface area contributed by atoms with Crippen molar-refractivity contribution in [1.29, 1.82) is 0 Å². The molecule has 15 heavy (non-hydrogen) atoms. The maximum Gasteiger partial charge on any atom is 0.263 e. The van der Waals surface area contributed by atoms with Crippen LogP contribution in [0.5, 0.6) is 0 Å². The van der Waals surface area contributed by atoms with Crippen molar-refractivity contribution in [2.75, 3.05) is 12.4 Å².